The summed E-state index contributed by atoms with van der Waals surface area (Å²) in [4.78, 5) is 16.0. The number of ether oxygens (including phenoxy) is 1. The summed E-state index contributed by atoms with van der Waals surface area (Å²) in [6.07, 6.45) is 2.17. The first-order valence-electron chi connectivity index (χ1n) is 14.3. The van der Waals surface area contributed by atoms with E-state index in [9.17, 15) is 13.2 Å². The van der Waals surface area contributed by atoms with Crippen molar-refractivity contribution in [3.63, 3.8) is 0 Å². The lowest BCUT2D eigenvalue weighted by Crippen LogP contribution is -2.36. The minimum absolute atomic E-state index is 0.179. The number of nitrogens with zero attached hydrogens (tertiary/aromatic N) is 5. The van der Waals surface area contributed by atoms with Crippen LogP contribution < -0.4 is 4.74 Å². The highest BCUT2D eigenvalue weighted by Gasteiger charge is 2.36. The Kier molecular flexibility index (Phi) is 8.07. The van der Waals surface area contributed by atoms with Crippen molar-refractivity contribution in [3.8, 4) is 5.75 Å². The summed E-state index contributed by atoms with van der Waals surface area (Å²) in [6, 6.07) is 17.0. The SMILES string of the molecule is CC[C@@H]1CN(Cc2cc([C@@H](c3ccc4c(nnn4CC)c3C)C(C)(C)N=C=O)ccc2C)S(=O)(=O)c2ccccc2O1. The summed E-state index contributed by atoms with van der Waals surface area (Å²) in [5, 5.41) is 8.74. The first-order chi connectivity index (χ1) is 20.0. The van der Waals surface area contributed by atoms with Gasteiger partial charge in [0.05, 0.1) is 17.6 Å². The molecule has 0 bridgehead atoms. The summed E-state index contributed by atoms with van der Waals surface area (Å²) >= 11 is 0. The predicted octanol–water partition coefficient (Wildman–Crippen LogP) is 5.68. The Morgan fingerprint density at radius 3 is 2.60 bits per heavy atom. The molecule has 220 valence electrons. The maximum Gasteiger partial charge on any atom is 0.247 e. The molecule has 0 unspecified atom stereocenters. The summed E-state index contributed by atoms with van der Waals surface area (Å²) < 4.78 is 37.2. The van der Waals surface area contributed by atoms with Crippen LogP contribution in [0.5, 0.6) is 5.75 Å². The second kappa shape index (κ2) is 11.4. The van der Waals surface area contributed by atoms with Crippen LogP contribution in [-0.4, -0.2) is 52.0 Å². The van der Waals surface area contributed by atoms with E-state index in [1.165, 1.54) is 4.31 Å². The Hall–Kier alpha value is -3.85. The van der Waals surface area contributed by atoms with Gasteiger partial charge in [-0.25, -0.2) is 17.9 Å². The van der Waals surface area contributed by atoms with E-state index in [-0.39, 0.29) is 30.0 Å². The molecule has 0 fully saturated rings. The number of sulfonamides is 1. The van der Waals surface area contributed by atoms with Crippen molar-refractivity contribution in [1.82, 2.24) is 19.3 Å². The second-order valence-electron chi connectivity index (χ2n) is 11.4. The van der Waals surface area contributed by atoms with Crippen LogP contribution in [0, 0.1) is 13.8 Å². The number of aliphatic imine (C=N–C) groups is 1. The van der Waals surface area contributed by atoms with Crippen LogP contribution in [0.2, 0.25) is 0 Å². The zero-order valence-corrected chi connectivity index (χ0v) is 25.8. The molecule has 2 heterocycles. The molecular formula is C32H37N5O4S. The van der Waals surface area contributed by atoms with Gasteiger partial charge in [0.2, 0.25) is 16.1 Å². The van der Waals surface area contributed by atoms with E-state index in [2.05, 4.69) is 21.4 Å². The van der Waals surface area contributed by atoms with Crippen molar-refractivity contribution < 1.29 is 17.9 Å². The molecule has 1 aromatic heterocycles. The molecule has 2 atom stereocenters. The number of aromatic nitrogens is 3. The lowest BCUT2D eigenvalue weighted by atomic mass is 9.75. The quantitative estimate of drug-likeness (QED) is 0.194. The van der Waals surface area contributed by atoms with Gasteiger partial charge in [-0.3, -0.25) is 0 Å². The summed E-state index contributed by atoms with van der Waals surface area (Å²) in [5.74, 6) is 0.0550. The van der Waals surface area contributed by atoms with E-state index < -0.39 is 15.6 Å². The maximum absolute atomic E-state index is 13.9. The van der Waals surface area contributed by atoms with Crippen molar-refractivity contribution in [2.45, 2.75) is 83.5 Å². The second-order valence-corrected chi connectivity index (χ2v) is 13.3. The Morgan fingerprint density at radius 1 is 1.12 bits per heavy atom. The van der Waals surface area contributed by atoms with E-state index in [4.69, 9.17) is 4.74 Å². The number of rotatable bonds is 8. The minimum atomic E-state index is -3.81. The van der Waals surface area contributed by atoms with Crippen LogP contribution in [0.4, 0.5) is 0 Å². The third kappa shape index (κ3) is 5.26. The minimum Gasteiger partial charge on any atom is -0.488 e. The van der Waals surface area contributed by atoms with Gasteiger partial charge in [-0.2, -0.15) is 9.30 Å². The highest BCUT2D eigenvalue weighted by Crippen LogP contribution is 2.41. The topological polar surface area (TPSA) is 107 Å². The van der Waals surface area contributed by atoms with E-state index in [0.29, 0.717) is 18.7 Å². The first kappa shape index (κ1) is 29.6. The van der Waals surface area contributed by atoms with Crippen LogP contribution >= 0.6 is 0 Å². The van der Waals surface area contributed by atoms with E-state index in [1.54, 1.807) is 30.3 Å². The van der Waals surface area contributed by atoms with Crippen molar-refractivity contribution in [3.05, 3.63) is 82.4 Å². The van der Waals surface area contributed by atoms with Gasteiger partial charge in [0.1, 0.15) is 22.3 Å². The highest BCUT2D eigenvalue weighted by molar-refractivity contribution is 7.89. The summed E-state index contributed by atoms with van der Waals surface area (Å²) in [6.45, 7) is 13.0. The molecular weight excluding hydrogens is 550 g/mol. The van der Waals surface area contributed by atoms with Crippen molar-refractivity contribution in [1.29, 1.82) is 0 Å². The number of benzene rings is 3. The monoisotopic (exact) mass is 587 g/mol. The zero-order chi connectivity index (χ0) is 30.2. The highest BCUT2D eigenvalue weighted by atomic mass is 32.2. The molecule has 5 rings (SSSR count). The molecule has 10 heteroatoms. The molecule has 0 amide bonds. The van der Waals surface area contributed by atoms with Crippen LogP contribution in [0.25, 0.3) is 11.0 Å². The zero-order valence-electron chi connectivity index (χ0n) is 25.0. The number of hydrogen-bond acceptors (Lipinski definition) is 7. The number of carbonyl (C=O) groups excluding carboxylic acids is 1. The molecule has 0 aliphatic carbocycles. The van der Waals surface area contributed by atoms with Gasteiger partial charge in [-0.1, -0.05) is 48.5 Å². The number of isocyanates is 1. The summed E-state index contributed by atoms with van der Waals surface area (Å²) in [5.41, 5.74) is 5.59. The molecule has 0 saturated carbocycles. The van der Waals surface area contributed by atoms with Crippen molar-refractivity contribution in [2.24, 2.45) is 4.99 Å². The summed E-state index contributed by atoms with van der Waals surface area (Å²) in [7, 11) is -3.81. The molecule has 1 aliphatic heterocycles. The Balaban J connectivity index is 1.62. The number of para-hydroxylation sites is 1. The standard InChI is InChI=1S/C32H37N5O4S/c1-7-25-19-36(42(39,40)29-12-10-9-11-28(29)41-25)18-24-17-23(14-13-21(24)3)30(32(5,6)33-20-38)26-15-16-27-31(22(26)4)34-35-37(27)8-2/h9-17,25,30H,7-8,18-19H2,1-6H3/t25-,30+/m1/s1. The van der Waals surface area contributed by atoms with Crippen molar-refractivity contribution in [2.75, 3.05) is 6.54 Å². The van der Waals surface area contributed by atoms with Gasteiger partial charge >= 0.3 is 0 Å². The largest absolute Gasteiger partial charge is 0.488 e. The van der Waals surface area contributed by atoms with Gasteiger partial charge < -0.3 is 4.74 Å². The Labute approximate surface area is 247 Å². The van der Waals surface area contributed by atoms with Gasteiger partial charge in [-0.15, -0.1) is 5.10 Å². The van der Waals surface area contributed by atoms with Crippen LogP contribution in [0.15, 0.2) is 64.5 Å². The van der Waals surface area contributed by atoms with Gasteiger partial charge in [0.25, 0.3) is 0 Å². The molecule has 4 aromatic rings. The third-order valence-electron chi connectivity index (χ3n) is 8.31. The molecule has 0 spiro atoms. The first-order valence-corrected chi connectivity index (χ1v) is 15.7. The molecule has 1 aliphatic rings. The lowest BCUT2D eigenvalue weighted by molar-refractivity contribution is 0.168. The maximum atomic E-state index is 13.9. The fraction of sp³-hybridized carbons (Fsp3) is 0.406. The van der Waals surface area contributed by atoms with Crippen LogP contribution in [-0.2, 0) is 27.9 Å². The lowest BCUT2D eigenvalue weighted by Gasteiger charge is -2.32. The average molecular weight is 588 g/mol. The number of fused-ring (bicyclic) bond motifs is 2. The van der Waals surface area contributed by atoms with Crippen molar-refractivity contribution >= 4 is 27.1 Å². The van der Waals surface area contributed by atoms with Gasteiger partial charge in [0.15, 0.2) is 0 Å². The molecule has 9 nitrogen and oxygen atoms in total. The predicted molar refractivity (Wildman–Crippen MR) is 162 cm³/mol. The molecule has 0 saturated heterocycles. The van der Waals surface area contributed by atoms with E-state index >= 15 is 0 Å². The number of aryl methyl sites for hydroxylation is 3. The Bertz CT molecular complexity index is 1790. The van der Waals surface area contributed by atoms with Gasteiger partial charge in [0, 0.05) is 19.0 Å². The average Bonchev–Trinajstić information content (AvgIpc) is 3.34. The van der Waals surface area contributed by atoms with E-state index in [1.807, 2.05) is 70.5 Å². The fourth-order valence-corrected chi connectivity index (χ4v) is 7.49. The Morgan fingerprint density at radius 2 is 1.88 bits per heavy atom. The molecule has 42 heavy (non-hydrogen) atoms. The number of hydrogen-bond donors (Lipinski definition) is 0. The van der Waals surface area contributed by atoms with E-state index in [0.717, 1.165) is 38.9 Å². The van der Waals surface area contributed by atoms with Crippen LogP contribution in [0.3, 0.4) is 0 Å². The van der Waals surface area contributed by atoms with Gasteiger partial charge in [-0.05, 0) is 87.1 Å². The normalized spacial score (nSPS) is 17.6. The fourth-order valence-electron chi connectivity index (χ4n) is 5.91. The molecule has 3 aromatic carbocycles. The third-order valence-corrected chi connectivity index (χ3v) is 10.2. The smallest absolute Gasteiger partial charge is 0.247 e. The molecule has 0 radical (unpaired) electrons. The van der Waals surface area contributed by atoms with Crippen LogP contribution in [0.1, 0.15) is 67.9 Å². The molecule has 0 N–H and O–H groups in total.